The summed E-state index contributed by atoms with van der Waals surface area (Å²) in [6.07, 6.45) is 3.42. The minimum absolute atomic E-state index is 0.0921. The summed E-state index contributed by atoms with van der Waals surface area (Å²) in [6.45, 7) is 7.64. The predicted octanol–water partition coefficient (Wildman–Crippen LogP) is 2.63. The monoisotopic (exact) mass is 407 g/mol. The van der Waals surface area contributed by atoms with E-state index >= 15 is 0 Å². The number of morpholine rings is 1. The lowest BCUT2D eigenvalue weighted by Crippen LogP contribution is -2.44. The maximum absolute atomic E-state index is 12.6. The highest BCUT2D eigenvalue weighted by Gasteiger charge is 2.34. The first-order valence-electron chi connectivity index (χ1n) is 9.52. The van der Waals surface area contributed by atoms with E-state index in [1.807, 2.05) is 0 Å². The van der Waals surface area contributed by atoms with Crippen LogP contribution in [0.4, 0.5) is 0 Å². The van der Waals surface area contributed by atoms with Crippen molar-refractivity contribution in [3.8, 4) is 0 Å². The maximum atomic E-state index is 12.6. The van der Waals surface area contributed by atoms with Gasteiger partial charge in [-0.05, 0) is 55.6 Å². The second kappa shape index (κ2) is 9.37. The Bertz CT molecular complexity index is 658. The van der Waals surface area contributed by atoms with Gasteiger partial charge in [-0.15, -0.1) is 0 Å². The Balaban J connectivity index is 1.56. The van der Waals surface area contributed by atoms with Crippen LogP contribution < -0.4 is 5.32 Å². The number of hydrogen-bond donors (Lipinski definition) is 1. The second-order valence-corrected chi connectivity index (χ2v) is 8.85. The highest BCUT2D eigenvalue weighted by atomic mass is 32.2. The zero-order valence-electron chi connectivity index (χ0n) is 16.3. The van der Waals surface area contributed by atoms with Gasteiger partial charge in [-0.25, -0.2) is 0 Å². The van der Waals surface area contributed by atoms with Crippen molar-refractivity contribution in [2.45, 2.75) is 51.6 Å². The minimum Gasteiger partial charge on any atom is -0.373 e. The van der Waals surface area contributed by atoms with Crippen LogP contribution in [0.25, 0.3) is 0 Å². The van der Waals surface area contributed by atoms with E-state index in [2.05, 4.69) is 54.6 Å². The minimum atomic E-state index is -0.172. The summed E-state index contributed by atoms with van der Waals surface area (Å²) < 4.78 is 5.80. The summed E-state index contributed by atoms with van der Waals surface area (Å²) in [6, 6.07) is 8.35. The van der Waals surface area contributed by atoms with Crippen LogP contribution in [0.1, 0.15) is 31.4 Å². The SMILES string of the molecule is CSCC[C@@H]1NC(=S)N(Cc2ccc(CN3C[C@@H](C)O[C@H](C)C3)cc2)C1=O. The van der Waals surface area contributed by atoms with E-state index in [4.69, 9.17) is 17.0 Å². The number of thioether (sulfide) groups is 1. The average molecular weight is 408 g/mol. The molecule has 27 heavy (non-hydrogen) atoms. The van der Waals surface area contributed by atoms with Crippen molar-refractivity contribution in [1.29, 1.82) is 0 Å². The summed E-state index contributed by atoms with van der Waals surface area (Å²) in [5.41, 5.74) is 2.39. The van der Waals surface area contributed by atoms with Crippen LogP contribution in [0.2, 0.25) is 0 Å². The molecule has 0 radical (unpaired) electrons. The molecule has 2 aliphatic rings. The lowest BCUT2D eigenvalue weighted by molar-refractivity contribution is -0.127. The first-order chi connectivity index (χ1) is 13.0. The molecule has 1 N–H and O–H groups in total. The van der Waals surface area contributed by atoms with Crippen molar-refractivity contribution in [2.75, 3.05) is 25.1 Å². The Hall–Kier alpha value is -1.15. The molecule has 0 bridgehead atoms. The Kier molecular flexibility index (Phi) is 7.14. The molecule has 0 unspecified atom stereocenters. The smallest absolute Gasteiger partial charge is 0.251 e. The van der Waals surface area contributed by atoms with Crippen LogP contribution in [0.15, 0.2) is 24.3 Å². The first kappa shape index (κ1) is 20.6. The summed E-state index contributed by atoms with van der Waals surface area (Å²) in [4.78, 5) is 16.7. The Labute approximate surface area is 171 Å². The van der Waals surface area contributed by atoms with Gasteiger partial charge >= 0.3 is 0 Å². The van der Waals surface area contributed by atoms with Crippen LogP contribution in [0.5, 0.6) is 0 Å². The van der Waals surface area contributed by atoms with Crippen LogP contribution in [-0.2, 0) is 22.6 Å². The van der Waals surface area contributed by atoms with Crippen molar-refractivity contribution < 1.29 is 9.53 Å². The fraction of sp³-hybridized carbons (Fsp3) is 0.600. The third-order valence-corrected chi connectivity index (χ3v) is 5.96. The van der Waals surface area contributed by atoms with Crippen molar-refractivity contribution >= 4 is 35.0 Å². The molecule has 0 aromatic heterocycles. The number of hydrogen-bond acceptors (Lipinski definition) is 5. The standard InChI is InChI=1S/C20H29N3O2S2/c1-14-10-22(11-15(2)25-14)12-16-4-6-17(7-5-16)13-23-19(24)18(8-9-27-3)21-20(23)26/h4-7,14-15,18H,8-13H2,1-3H3,(H,21,26)/t14-,15-,18+/m1/s1. The number of ether oxygens (including phenoxy) is 1. The molecule has 2 heterocycles. The normalized spacial score (nSPS) is 26.5. The highest BCUT2D eigenvalue weighted by molar-refractivity contribution is 7.98. The number of nitrogens with zero attached hydrogens (tertiary/aromatic N) is 2. The number of nitrogens with one attached hydrogen (secondary N) is 1. The van der Waals surface area contributed by atoms with Gasteiger partial charge in [0.05, 0.1) is 18.8 Å². The fourth-order valence-electron chi connectivity index (χ4n) is 3.76. The van der Waals surface area contributed by atoms with Gasteiger partial charge in [0.25, 0.3) is 5.91 Å². The molecule has 2 fully saturated rings. The van der Waals surface area contributed by atoms with Crippen molar-refractivity contribution in [3.05, 3.63) is 35.4 Å². The van der Waals surface area contributed by atoms with E-state index in [1.54, 1.807) is 16.7 Å². The van der Waals surface area contributed by atoms with Gasteiger partial charge < -0.3 is 10.1 Å². The average Bonchev–Trinajstić information content (AvgIpc) is 2.88. The quantitative estimate of drug-likeness (QED) is 0.701. The van der Waals surface area contributed by atoms with Crippen molar-refractivity contribution in [1.82, 2.24) is 15.1 Å². The lowest BCUT2D eigenvalue weighted by Gasteiger charge is -2.35. The molecule has 5 nitrogen and oxygen atoms in total. The Morgan fingerprint density at radius 1 is 1.15 bits per heavy atom. The molecule has 1 aromatic carbocycles. The number of rotatable bonds is 7. The van der Waals surface area contributed by atoms with Crippen LogP contribution in [-0.4, -0.2) is 64.2 Å². The molecule has 2 aliphatic heterocycles. The summed E-state index contributed by atoms with van der Waals surface area (Å²) >= 11 is 7.12. The van der Waals surface area contributed by atoms with E-state index in [1.165, 1.54) is 5.56 Å². The second-order valence-electron chi connectivity index (χ2n) is 7.48. The third kappa shape index (κ3) is 5.44. The van der Waals surface area contributed by atoms with Crippen molar-refractivity contribution in [2.24, 2.45) is 0 Å². The molecule has 0 spiro atoms. The topological polar surface area (TPSA) is 44.8 Å². The van der Waals surface area contributed by atoms with Crippen LogP contribution in [0, 0.1) is 0 Å². The third-order valence-electron chi connectivity index (χ3n) is 4.98. The number of amides is 1. The fourth-order valence-corrected chi connectivity index (χ4v) is 4.53. The van der Waals surface area contributed by atoms with E-state index in [9.17, 15) is 4.79 Å². The molecular weight excluding hydrogens is 378 g/mol. The zero-order chi connectivity index (χ0) is 19.4. The predicted molar refractivity (Wildman–Crippen MR) is 115 cm³/mol. The summed E-state index contributed by atoms with van der Waals surface area (Å²) in [7, 11) is 0. The Morgan fingerprint density at radius 3 is 2.33 bits per heavy atom. The number of carbonyl (C=O) groups is 1. The van der Waals surface area contributed by atoms with E-state index in [0.717, 1.165) is 37.4 Å². The molecule has 1 amide bonds. The maximum Gasteiger partial charge on any atom is 0.251 e. The summed E-state index contributed by atoms with van der Waals surface area (Å²) in [5.74, 6) is 1.04. The number of benzene rings is 1. The Morgan fingerprint density at radius 2 is 1.74 bits per heavy atom. The molecule has 0 saturated carbocycles. The van der Waals surface area contributed by atoms with Gasteiger partial charge in [-0.2, -0.15) is 11.8 Å². The number of carbonyl (C=O) groups excluding carboxylic acids is 1. The van der Waals surface area contributed by atoms with Gasteiger partial charge in [-0.1, -0.05) is 24.3 Å². The molecular formula is C20H29N3O2S2. The molecule has 3 rings (SSSR count). The molecule has 0 aliphatic carbocycles. The largest absolute Gasteiger partial charge is 0.373 e. The van der Waals surface area contributed by atoms with Gasteiger partial charge in [0.1, 0.15) is 6.04 Å². The van der Waals surface area contributed by atoms with Gasteiger partial charge in [-0.3, -0.25) is 14.6 Å². The highest BCUT2D eigenvalue weighted by Crippen LogP contribution is 2.18. The molecule has 148 valence electrons. The van der Waals surface area contributed by atoms with Gasteiger partial charge in [0, 0.05) is 19.6 Å². The van der Waals surface area contributed by atoms with Gasteiger partial charge in [0.15, 0.2) is 5.11 Å². The van der Waals surface area contributed by atoms with E-state index in [0.29, 0.717) is 11.7 Å². The molecule has 3 atom stereocenters. The number of thiocarbonyl (C=S) groups is 1. The molecule has 2 saturated heterocycles. The first-order valence-corrected chi connectivity index (χ1v) is 11.3. The van der Waals surface area contributed by atoms with E-state index in [-0.39, 0.29) is 24.2 Å². The van der Waals surface area contributed by atoms with Gasteiger partial charge in [0.2, 0.25) is 0 Å². The van der Waals surface area contributed by atoms with Crippen LogP contribution in [0.3, 0.4) is 0 Å². The van der Waals surface area contributed by atoms with Crippen LogP contribution >= 0.6 is 24.0 Å². The molecule has 1 aromatic rings. The lowest BCUT2D eigenvalue weighted by atomic mass is 10.1. The van der Waals surface area contributed by atoms with E-state index < -0.39 is 0 Å². The summed E-state index contributed by atoms with van der Waals surface area (Å²) in [5, 5.41) is 3.71. The zero-order valence-corrected chi connectivity index (χ0v) is 17.9. The molecule has 7 heteroatoms. The van der Waals surface area contributed by atoms with Crippen molar-refractivity contribution in [3.63, 3.8) is 0 Å².